The molecule has 0 bridgehead atoms. The lowest BCUT2D eigenvalue weighted by Gasteiger charge is -2.51. The van der Waals surface area contributed by atoms with Crippen molar-refractivity contribution in [3.8, 4) is 0 Å². The van der Waals surface area contributed by atoms with E-state index in [1.165, 1.54) is 77.7 Å². The summed E-state index contributed by atoms with van der Waals surface area (Å²) in [6.07, 6.45) is 16.5. The lowest BCUT2D eigenvalue weighted by atomic mass is 9.68. The first-order valence-electron chi connectivity index (χ1n) is 13.2. The maximum absolute atomic E-state index is 12.7. The zero-order chi connectivity index (χ0) is 24.3. The van der Waals surface area contributed by atoms with Crippen LogP contribution in [0.5, 0.6) is 0 Å². The van der Waals surface area contributed by atoms with E-state index in [4.69, 9.17) is 9.47 Å². The molecule has 0 radical (unpaired) electrons. The zero-order valence-electron chi connectivity index (χ0n) is 22.3. The van der Waals surface area contributed by atoms with E-state index in [0.29, 0.717) is 13.0 Å². The van der Waals surface area contributed by atoms with Crippen molar-refractivity contribution in [2.75, 3.05) is 13.7 Å². The van der Waals surface area contributed by atoms with Gasteiger partial charge in [0.05, 0.1) is 19.8 Å². The number of ether oxygens (including phenoxy) is 2. The molecule has 0 aromatic heterocycles. The van der Waals surface area contributed by atoms with Crippen LogP contribution in [-0.2, 0) is 9.47 Å². The molecule has 1 saturated heterocycles. The minimum absolute atomic E-state index is 0.318. The van der Waals surface area contributed by atoms with Crippen LogP contribution in [0.4, 0.5) is 4.79 Å². The van der Waals surface area contributed by atoms with Crippen molar-refractivity contribution in [2.24, 2.45) is 5.41 Å². The van der Waals surface area contributed by atoms with Gasteiger partial charge in [0.1, 0.15) is 11.3 Å². The first kappa shape index (κ1) is 29.2. The lowest BCUT2D eigenvalue weighted by Crippen LogP contribution is -2.67. The molecule has 1 fully saturated rings. The van der Waals surface area contributed by atoms with Crippen LogP contribution in [0.25, 0.3) is 0 Å². The predicted molar refractivity (Wildman–Crippen MR) is 133 cm³/mol. The molecule has 1 amide bonds. The van der Waals surface area contributed by atoms with Crippen LogP contribution in [0.2, 0.25) is 0 Å². The normalized spacial score (nSPS) is 21.7. The van der Waals surface area contributed by atoms with E-state index in [-0.39, 0.29) is 5.41 Å². The summed E-state index contributed by atoms with van der Waals surface area (Å²) in [5.74, 6) is 0. The summed E-state index contributed by atoms with van der Waals surface area (Å²) in [6.45, 7) is 12.5. The molecule has 190 valence electrons. The van der Waals surface area contributed by atoms with Gasteiger partial charge in [-0.15, -0.1) is 0 Å². The Morgan fingerprint density at radius 2 is 1.38 bits per heavy atom. The molecule has 1 N–H and O–H groups in total. The second kappa shape index (κ2) is 13.8. The third-order valence-corrected chi connectivity index (χ3v) is 7.37. The van der Waals surface area contributed by atoms with E-state index in [2.05, 4.69) is 27.7 Å². The Bertz CT molecular complexity index is 528. The summed E-state index contributed by atoms with van der Waals surface area (Å²) in [5.41, 5.74) is -1.97. The number of amides is 1. The SMILES string of the molecule is CCCCCCCCCCCCCCCC(O)[C@]1(C(C)(C)C)COC(C)(C)N1C(=O)OC. The van der Waals surface area contributed by atoms with Crippen molar-refractivity contribution < 1.29 is 19.4 Å². The van der Waals surface area contributed by atoms with Gasteiger partial charge in [-0.1, -0.05) is 111 Å². The number of hydrogen-bond donors (Lipinski definition) is 1. The first-order chi connectivity index (χ1) is 15.0. The average Bonchev–Trinajstić information content (AvgIpc) is 3.02. The minimum atomic E-state index is -0.808. The van der Waals surface area contributed by atoms with Crippen molar-refractivity contribution in [1.29, 1.82) is 0 Å². The Hall–Kier alpha value is -0.810. The number of aliphatic hydroxyl groups excluding tert-OH is 1. The van der Waals surface area contributed by atoms with Gasteiger partial charge < -0.3 is 14.6 Å². The van der Waals surface area contributed by atoms with Gasteiger partial charge in [0.15, 0.2) is 0 Å². The molecule has 1 rings (SSSR count). The second-order valence-electron chi connectivity index (χ2n) is 11.3. The van der Waals surface area contributed by atoms with Gasteiger partial charge >= 0.3 is 6.09 Å². The summed E-state index contributed by atoms with van der Waals surface area (Å²) in [4.78, 5) is 14.3. The lowest BCUT2D eigenvalue weighted by molar-refractivity contribution is -0.0963. The van der Waals surface area contributed by atoms with Gasteiger partial charge in [0.25, 0.3) is 0 Å². The third-order valence-electron chi connectivity index (χ3n) is 7.37. The van der Waals surface area contributed by atoms with Gasteiger partial charge in [-0.25, -0.2) is 4.79 Å². The molecule has 32 heavy (non-hydrogen) atoms. The summed E-state index contributed by atoms with van der Waals surface area (Å²) in [5, 5.41) is 11.3. The first-order valence-corrected chi connectivity index (χ1v) is 13.2. The van der Waals surface area contributed by atoms with Crippen LogP contribution in [-0.4, -0.2) is 47.2 Å². The highest BCUT2D eigenvalue weighted by atomic mass is 16.6. The molecule has 1 aliphatic rings. The minimum Gasteiger partial charge on any atom is -0.453 e. The van der Waals surface area contributed by atoms with E-state index in [1.807, 2.05) is 13.8 Å². The van der Waals surface area contributed by atoms with Crippen LogP contribution in [0.15, 0.2) is 0 Å². The van der Waals surface area contributed by atoms with Crippen LogP contribution in [0, 0.1) is 5.41 Å². The number of unbranched alkanes of at least 4 members (excludes halogenated alkanes) is 12. The predicted octanol–water partition coefficient (Wildman–Crippen LogP) is 7.45. The molecule has 5 heteroatoms. The van der Waals surface area contributed by atoms with Crippen molar-refractivity contribution in [2.45, 2.75) is 149 Å². The molecule has 0 aromatic rings. The molecule has 0 aliphatic carbocycles. The molecule has 0 spiro atoms. The fourth-order valence-electron chi connectivity index (χ4n) is 5.26. The van der Waals surface area contributed by atoms with Crippen molar-refractivity contribution in [3.05, 3.63) is 0 Å². The fourth-order valence-corrected chi connectivity index (χ4v) is 5.26. The van der Waals surface area contributed by atoms with E-state index in [1.54, 1.807) is 4.90 Å². The van der Waals surface area contributed by atoms with Crippen LogP contribution in [0.3, 0.4) is 0 Å². The summed E-state index contributed by atoms with van der Waals surface area (Å²) >= 11 is 0. The third kappa shape index (κ3) is 7.90. The Labute approximate surface area is 198 Å². The molecule has 1 heterocycles. The van der Waals surface area contributed by atoms with E-state index in [0.717, 1.165) is 12.8 Å². The monoisotopic (exact) mass is 455 g/mol. The maximum atomic E-state index is 12.7. The highest BCUT2D eigenvalue weighted by Gasteiger charge is 2.63. The summed E-state index contributed by atoms with van der Waals surface area (Å²) in [6, 6.07) is 0. The quantitative estimate of drug-likeness (QED) is 0.261. The molecule has 2 atom stereocenters. The standard InChI is InChI=1S/C27H53NO4/c1-8-9-10-11-12-13-14-15-16-17-18-19-20-21-23(29)27(25(2,3)4)22-32-26(5,6)28(27)24(30)31-7/h23,29H,8-22H2,1-7H3/t23?,27-/m0/s1. The molecule has 0 aromatic carbocycles. The summed E-state index contributed by atoms with van der Waals surface area (Å²) in [7, 11) is 1.39. The van der Waals surface area contributed by atoms with Crippen LogP contribution in [0.1, 0.15) is 131 Å². The van der Waals surface area contributed by atoms with Crippen molar-refractivity contribution in [3.63, 3.8) is 0 Å². The molecule has 5 nitrogen and oxygen atoms in total. The van der Waals surface area contributed by atoms with E-state index in [9.17, 15) is 9.90 Å². The van der Waals surface area contributed by atoms with Gasteiger partial charge in [-0.05, 0) is 25.7 Å². The largest absolute Gasteiger partial charge is 0.453 e. The number of nitrogens with zero attached hydrogens (tertiary/aromatic N) is 1. The highest BCUT2D eigenvalue weighted by molar-refractivity contribution is 5.70. The van der Waals surface area contributed by atoms with Crippen LogP contribution >= 0.6 is 0 Å². The Morgan fingerprint density at radius 3 is 1.78 bits per heavy atom. The van der Waals surface area contributed by atoms with Crippen molar-refractivity contribution >= 4 is 6.09 Å². The van der Waals surface area contributed by atoms with E-state index < -0.39 is 23.5 Å². The highest BCUT2D eigenvalue weighted by Crippen LogP contribution is 2.49. The maximum Gasteiger partial charge on any atom is 0.412 e. The second-order valence-corrected chi connectivity index (χ2v) is 11.3. The smallest absolute Gasteiger partial charge is 0.412 e. The zero-order valence-corrected chi connectivity index (χ0v) is 22.3. The Kier molecular flexibility index (Phi) is 12.6. The topological polar surface area (TPSA) is 59.0 Å². The number of hydrogen-bond acceptors (Lipinski definition) is 4. The number of carbonyl (C=O) groups excluding carboxylic acids is 1. The molecule has 1 unspecified atom stereocenters. The number of methoxy groups -OCH3 is 1. The van der Waals surface area contributed by atoms with Crippen LogP contribution < -0.4 is 0 Å². The fraction of sp³-hybridized carbons (Fsp3) is 0.963. The Balaban J connectivity index is 2.40. The molecule has 0 saturated carbocycles. The van der Waals surface area contributed by atoms with E-state index >= 15 is 0 Å². The Morgan fingerprint density at radius 1 is 0.938 bits per heavy atom. The average molecular weight is 456 g/mol. The van der Waals surface area contributed by atoms with Gasteiger partial charge in [-0.3, -0.25) is 4.90 Å². The number of aliphatic hydroxyl groups is 1. The number of rotatable bonds is 15. The van der Waals surface area contributed by atoms with Gasteiger partial charge in [-0.2, -0.15) is 0 Å². The number of carbonyl (C=O) groups is 1. The van der Waals surface area contributed by atoms with Gasteiger partial charge in [0.2, 0.25) is 0 Å². The molecular formula is C27H53NO4. The van der Waals surface area contributed by atoms with Gasteiger partial charge in [0, 0.05) is 0 Å². The molecular weight excluding hydrogens is 402 g/mol. The van der Waals surface area contributed by atoms with Crippen molar-refractivity contribution in [1.82, 2.24) is 4.90 Å². The molecule has 1 aliphatic heterocycles. The summed E-state index contributed by atoms with van der Waals surface area (Å²) < 4.78 is 11.1.